The summed E-state index contributed by atoms with van der Waals surface area (Å²) >= 11 is 5.93. The van der Waals surface area contributed by atoms with Crippen molar-refractivity contribution in [2.24, 2.45) is 0 Å². The number of carboxylic acid groups (broad SMARTS) is 1. The number of hydrogen-bond acceptors (Lipinski definition) is 3. The van der Waals surface area contributed by atoms with Gasteiger partial charge < -0.3 is 10.8 Å². The summed E-state index contributed by atoms with van der Waals surface area (Å²) in [5.41, 5.74) is 8.05. The van der Waals surface area contributed by atoms with Crippen molar-refractivity contribution >= 4 is 23.4 Å². The highest BCUT2D eigenvalue weighted by molar-refractivity contribution is 6.30. The van der Waals surface area contributed by atoms with E-state index in [2.05, 4.69) is 10.2 Å². The average Bonchev–Trinajstić information content (AvgIpc) is 2.68. The zero-order valence-electron chi connectivity index (χ0n) is 9.48. The summed E-state index contributed by atoms with van der Waals surface area (Å²) in [5.74, 6) is -0.516. The fraction of sp³-hybridized carbons (Fsp3) is 0.167. The number of halogens is 1. The van der Waals surface area contributed by atoms with Gasteiger partial charge in [-0.15, -0.1) is 0 Å². The Kier molecular flexibility index (Phi) is 3.53. The second kappa shape index (κ2) is 5.10. The van der Waals surface area contributed by atoms with Crippen LogP contribution in [0.3, 0.4) is 0 Å². The van der Waals surface area contributed by atoms with Crippen LogP contribution in [0.25, 0.3) is 11.1 Å². The van der Waals surface area contributed by atoms with Crippen molar-refractivity contribution in [3.05, 3.63) is 35.0 Å². The number of aliphatic carboxylic acids is 1. The summed E-state index contributed by atoms with van der Waals surface area (Å²) in [7, 11) is 0. The number of anilines is 1. The van der Waals surface area contributed by atoms with Crippen molar-refractivity contribution in [1.29, 1.82) is 0 Å². The molecular weight excluding hydrogens is 254 g/mol. The Hall–Kier alpha value is -2.01. The molecule has 2 aromatic rings. The molecule has 4 N–H and O–H groups in total. The van der Waals surface area contributed by atoms with Crippen molar-refractivity contribution in [1.82, 2.24) is 10.2 Å². The Bertz CT molecular complexity index is 580. The minimum Gasteiger partial charge on any atom is -0.481 e. The Labute approximate surface area is 109 Å². The predicted octanol–water partition coefficient (Wildman–Crippen LogP) is 2.33. The van der Waals surface area contributed by atoms with E-state index in [1.165, 1.54) is 0 Å². The molecule has 94 valence electrons. The van der Waals surface area contributed by atoms with Crippen LogP contribution in [0.5, 0.6) is 0 Å². The van der Waals surface area contributed by atoms with Crippen LogP contribution in [0.15, 0.2) is 24.3 Å². The Morgan fingerprint density at radius 2 is 2.28 bits per heavy atom. The Morgan fingerprint density at radius 3 is 2.94 bits per heavy atom. The smallest absolute Gasteiger partial charge is 0.303 e. The molecule has 0 atom stereocenters. The second-order valence-electron chi connectivity index (χ2n) is 3.87. The number of carbonyl (C=O) groups is 1. The number of nitrogens with one attached hydrogen (secondary N) is 1. The second-order valence-corrected chi connectivity index (χ2v) is 4.30. The summed E-state index contributed by atoms with van der Waals surface area (Å²) < 4.78 is 0. The molecule has 1 heterocycles. The number of aromatic amines is 1. The van der Waals surface area contributed by atoms with Gasteiger partial charge in [0.1, 0.15) is 0 Å². The van der Waals surface area contributed by atoms with Gasteiger partial charge in [0, 0.05) is 22.7 Å². The van der Waals surface area contributed by atoms with Gasteiger partial charge in [0.25, 0.3) is 0 Å². The van der Waals surface area contributed by atoms with Gasteiger partial charge >= 0.3 is 5.97 Å². The SMILES string of the molecule is Nc1n[nH]c(CCC(=O)O)c1-c1cccc(Cl)c1. The fourth-order valence-electron chi connectivity index (χ4n) is 1.77. The summed E-state index contributed by atoms with van der Waals surface area (Å²) in [6, 6.07) is 7.20. The van der Waals surface area contributed by atoms with Gasteiger partial charge in [0.05, 0.1) is 6.42 Å². The van der Waals surface area contributed by atoms with Crippen LogP contribution in [0, 0.1) is 0 Å². The van der Waals surface area contributed by atoms with Gasteiger partial charge in [-0.05, 0) is 17.7 Å². The van der Waals surface area contributed by atoms with Crippen LogP contribution < -0.4 is 5.73 Å². The molecule has 0 saturated carbocycles. The third kappa shape index (κ3) is 2.62. The summed E-state index contributed by atoms with van der Waals surface area (Å²) in [4.78, 5) is 10.6. The number of nitrogens with two attached hydrogens (primary N) is 1. The maximum Gasteiger partial charge on any atom is 0.303 e. The molecule has 0 unspecified atom stereocenters. The fourth-order valence-corrected chi connectivity index (χ4v) is 1.96. The van der Waals surface area contributed by atoms with Crippen molar-refractivity contribution in [3.8, 4) is 11.1 Å². The van der Waals surface area contributed by atoms with E-state index >= 15 is 0 Å². The van der Waals surface area contributed by atoms with E-state index in [1.807, 2.05) is 12.1 Å². The number of aryl methyl sites for hydroxylation is 1. The molecular formula is C12H12ClN3O2. The molecule has 0 aliphatic rings. The number of nitrogen functional groups attached to an aromatic ring is 1. The lowest BCUT2D eigenvalue weighted by Crippen LogP contribution is -1.99. The first-order valence-corrected chi connectivity index (χ1v) is 5.76. The molecule has 0 radical (unpaired) electrons. The van der Waals surface area contributed by atoms with Crippen molar-refractivity contribution in [2.45, 2.75) is 12.8 Å². The molecule has 5 nitrogen and oxygen atoms in total. The van der Waals surface area contributed by atoms with Gasteiger partial charge in [-0.1, -0.05) is 23.7 Å². The first-order valence-electron chi connectivity index (χ1n) is 5.38. The maximum atomic E-state index is 10.6. The summed E-state index contributed by atoms with van der Waals surface area (Å²) in [6.07, 6.45) is 0.372. The molecule has 18 heavy (non-hydrogen) atoms. The summed E-state index contributed by atoms with van der Waals surface area (Å²) in [5, 5.41) is 16.0. The molecule has 6 heteroatoms. The topological polar surface area (TPSA) is 92.0 Å². The van der Waals surface area contributed by atoms with Gasteiger partial charge in [0.15, 0.2) is 5.82 Å². The third-order valence-electron chi connectivity index (χ3n) is 2.57. The maximum absolute atomic E-state index is 10.6. The zero-order valence-corrected chi connectivity index (χ0v) is 10.2. The lowest BCUT2D eigenvalue weighted by molar-refractivity contribution is -0.136. The van der Waals surface area contributed by atoms with Crippen LogP contribution in [-0.4, -0.2) is 21.3 Å². The van der Waals surface area contributed by atoms with E-state index in [-0.39, 0.29) is 6.42 Å². The number of nitrogens with zero attached hydrogens (tertiary/aromatic N) is 1. The number of carboxylic acids is 1. The van der Waals surface area contributed by atoms with Gasteiger partial charge in [-0.25, -0.2) is 0 Å². The Morgan fingerprint density at radius 1 is 1.50 bits per heavy atom. The molecule has 0 fully saturated rings. The molecule has 0 aliphatic carbocycles. The molecule has 0 aliphatic heterocycles. The molecule has 2 rings (SSSR count). The monoisotopic (exact) mass is 265 g/mol. The van der Waals surface area contributed by atoms with Crippen LogP contribution in [0.4, 0.5) is 5.82 Å². The van der Waals surface area contributed by atoms with Crippen LogP contribution in [0.1, 0.15) is 12.1 Å². The number of rotatable bonds is 4. The molecule has 1 aromatic heterocycles. The minimum absolute atomic E-state index is 0.0230. The molecule has 0 amide bonds. The van der Waals surface area contributed by atoms with E-state index < -0.39 is 5.97 Å². The standard InChI is InChI=1S/C12H12ClN3O2/c13-8-3-1-2-7(6-8)11-9(4-5-10(17)18)15-16-12(11)14/h1-3,6H,4-5H2,(H,17,18)(H3,14,15,16). The minimum atomic E-state index is -0.861. The van der Waals surface area contributed by atoms with E-state index in [0.29, 0.717) is 23.0 Å². The predicted molar refractivity (Wildman–Crippen MR) is 69.4 cm³/mol. The lowest BCUT2D eigenvalue weighted by atomic mass is 10.0. The van der Waals surface area contributed by atoms with Gasteiger partial charge in [-0.2, -0.15) is 5.10 Å². The third-order valence-corrected chi connectivity index (χ3v) is 2.81. The van der Waals surface area contributed by atoms with Gasteiger partial charge in [-0.3, -0.25) is 9.89 Å². The number of hydrogen-bond donors (Lipinski definition) is 3. The normalized spacial score (nSPS) is 10.5. The van der Waals surface area contributed by atoms with Crippen molar-refractivity contribution < 1.29 is 9.90 Å². The molecule has 1 aromatic carbocycles. The summed E-state index contributed by atoms with van der Waals surface area (Å²) in [6.45, 7) is 0. The molecule has 0 saturated heterocycles. The van der Waals surface area contributed by atoms with E-state index in [9.17, 15) is 4.79 Å². The average molecular weight is 266 g/mol. The van der Waals surface area contributed by atoms with Gasteiger partial charge in [0.2, 0.25) is 0 Å². The van der Waals surface area contributed by atoms with E-state index in [4.69, 9.17) is 22.4 Å². The highest BCUT2D eigenvalue weighted by Gasteiger charge is 2.14. The number of H-pyrrole nitrogens is 1. The van der Waals surface area contributed by atoms with Crippen molar-refractivity contribution in [2.75, 3.05) is 5.73 Å². The van der Waals surface area contributed by atoms with Crippen LogP contribution in [0.2, 0.25) is 5.02 Å². The number of benzene rings is 1. The lowest BCUT2D eigenvalue weighted by Gasteiger charge is -2.04. The first-order chi connectivity index (χ1) is 8.58. The first kappa shape index (κ1) is 12.4. The van der Waals surface area contributed by atoms with Crippen LogP contribution in [-0.2, 0) is 11.2 Å². The Balaban J connectivity index is 2.37. The highest BCUT2D eigenvalue weighted by atomic mass is 35.5. The van der Waals surface area contributed by atoms with Crippen LogP contribution >= 0.6 is 11.6 Å². The quantitative estimate of drug-likeness (QED) is 0.791. The number of aromatic nitrogens is 2. The van der Waals surface area contributed by atoms with E-state index in [0.717, 1.165) is 11.1 Å². The molecule has 0 spiro atoms. The van der Waals surface area contributed by atoms with Crippen molar-refractivity contribution in [3.63, 3.8) is 0 Å². The highest BCUT2D eigenvalue weighted by Crippen LogP contribution is 2.30. The largest absolute Gasteiger partial charge is 0.481 e. The van der Waals surface area contributed by atoms with E-state index in [1.54, 1.807) is 12.1 Å². The molecule has 0 bridgehead atoms. The zero-order chi connectivity index (χ0) is 13.1.